The third-order valence-corrected chi connectivity index (χ3v) is 3.42. The molecule has 1 N–H and O–H groups in total. The SMILES string of the molecule is Brc1ccccc1-c1nnc(CNCc2ccco2)o1. The quantitative estimate of drug-likeness (QED) is 0.775. The van der Waals surface area contributed by atoms with E-state index >= 15 is 0 Å². The third kappa shape index (κ3) is 2.97. The number of benzene rings is 1. The van der Waals surface area contributed by atoms with Gasteiger partial charge in [0, 0.05) is 4.47 Å². The van der Waals surface area contributed by atoms with E-state index in [4.69, 9.17) is 8.83 Å². The van der Waals surface area contributed by atoms with E-state index in [1.54, 1.807) is 6.26 Å². The first-order valence-corrected chi connectivity index (χ1v) is 6.92. The number of furan rings is 1. The molecule has 3 rings (SSSR count). The number of hydrogen-bond donors (Lipinski definition) is 1. The number of halogens is 1. The number of rotatable bonds is 5. The highest BCUT2D eigenvalue weighted by Gasteiger charge is 2.10. The summed E-state index contributed by atoms with van der Waals surface area (Å²) in [7, 11) is 0. The van der Waals surface area contributed by atoms with E-state index in [1.165, 1.54) is 0 Å². The molecule has 0 radical (unpaired) electrons. The topological polar surface area (TPSA) is 64.1 Å². The number of hydrogen-bond acceptors (Lipinski definition) is 5. The van der Waals surface area contributed by atoms with E-state index in [9.17, 15) is 0 Å². The fourth-order valence-electron chi connectivity index (χ4n) is 1.77. The van der Waals surface area contributed by atoms with Gasteiger partial charge in [0.05, 0.1) is 24.9 Å². The Hall–Kier alpha value is -1.92. The second-order valence-electron chi connectivity index (χ2n) is 4.16. The average Bonchev–Trinajstić information content (AvgIpc) is 3.11. The molecule has 0 aliphatic rings. The minimum absolute atomic E-state index is 0.498. The monoisotopic (exact) mass is 333 g/mol. The van der Waals surface area contributed by atoms with Crippen LogP contribution in [0.5, 0.6) is 0 Å². The van der Waals surface area contributed by atoms with Gasteiger partial charge in [-0.05, 0) is 40.2 Å². The molecule has 102 valence electrons. The van der Waals surface area contributed by atoms with Crippen LogP contribution in [0.25, 0.3) is 11.5 Å². The predicted molar refractivity (Wildman–Crippen MR) is 76.7 cm³/mol. The molecule has 2 heterocycles. The first-order valence-electron chi connectivity index (χ1n) is 6.13. The van der Waals surface area contributed by atoms with Gasteiger partial charge in [0.2, 0.25) is 11.8 Å². The van der Waals surface area contributed by atoms with Crippen LogP contribution in [0.1, 0.15) is 11.7 Å². The van der Waals surface area contributed by atoms with Crippen LogP contribution in [0, 0.1) is 0 Å². The Kier molecular flexibility index (Phi) is 3.94. The molecule has 0 bridgehead atoms. The molecule has 5 nitrogen and oxygen atoms in total. The highest BCUT2D eigenvalue weighted by molar-refractivity contribution is 9.10. The predicted octanol–water partition coefficient (Wildman–Crippen LogP) is 3.38. The van der Waals surface area contributed by atoms with Crippen LogP contribution in [0.3, 0.4) is 0 Å². The lowest BCUT2D eigenvalue weighted by Crippen LogP contribution is -2.12. The molecule has 0 unspecified atom stereocenters. The van der Waals surface area contributed by atoms with Crippen LogP contribution in [0.2, 0.25) is 0 Å². The molecule has 1 aromatic carbocycles. The minimum atomic E-state index is 0.498. The molecule has 0 atom stereocenters. The van der Waals surface area contributed by atoms with Crippen molar-refractivity contribution in [2.45, 2.75) is 13.1 Å². The first-order chi connectivity index (χ1) is 9.83. The zero-order valence-corrected chi connectivity index (χ0v) is 12.1. The summed E-state index contributed by atoms with van der Waals surface area (Å²) in [5, 5.41) is 11.3. The van der Waals surface area contributed by atoms with Gasteiger partial charge < -0.3 is 14.2 Å². The summed E-state index contributed by atoms with van der Waals surface area (Å²) in [5.74, 6) is 1.92. The molecule has 0 saturated carbocycles. The van der Waals surface area contributed by atoms with Gasteiger partial charge >= 0.3 is 0 Å². The molecular formula is C14H12BrN3O2. The average molecular weight is 334 g/mol. The number of nitrogens with zero attached hydrogens (tertiary/aromatic N) is 2. The molecule has 0 amide bonds. The van der Waals surface area contributed by atoms with Crippen LogP contribution >= 0.6 is 15.9 Å². The summed E-state index contributed by atoms with van der Waals surface area (Å²) >= 11 is 3.47. The van der Waals surface area contributed by atoms with Crippen LogP contribution in [-0.4, -0.2) is 10.2 Å². The maximum Gasteiger partial charge on any atom is 0.248 e. The van der Waals surface area contributed by atoms with E-state index < -0.39 is 0 Å². The second-order valence-corrected chi connectivity index (χ2v) is 5.02. The molecule has 0 saturated heterocycles. The Morgan fingerprint density at radius 3 is 2.75 bits per heavy atom. The molecule has 0 aliphatic heterocycles. The van der Waals surface area contributed by atoms with Gasteiger partial charge in [0.1, 0.15) is 5.76 Å². The molecule has 2 aromatic heterocycles. The molecule has 20 heavy (non-hydrogen) atoms. The van der Waals surface area contributed by atoms with E-state index in [2.05, 4.69) is 31.4 Å². The summed E-state index contributed by atoms with van der Waals surface area (Å²) in [4.78, 5) is 0. The lowest BCUT2D eigenvalue weighted by molar-refractivity contribution is 0.446. The normalized spacial score (nSPS) is 10.8. The van der Waals surface area contributed by atoms with E-state index in [0.29, 0.717) is 24.9 Å². The Morgan fingerprint density at radius 1 is 1.05 bits per heavy atom. The standard InChI is InChI=1S/C14H12BrN3O2/c15-12-6-2-1-5-11(12)14-18-17-13(20-14)9-16-8-10-4-3-7-19-10/h1-7,16H,8-9H2. The fourth-order valence-corrected chi connectivity index (χ4v) is 2.23. The van der Waals surface area contributed by atoms with Crippen molar-refractivity contribution >= 4 is 15.9 Å². The van der Waals surface area contributed by atoms with Crippen molar-refractivity contribution in [3.63, 3.8) is 0 Å². The fraction of sp³-hybridized carbons (Fsp3) is 0.143. The molecule has 6 heteroatoms. The van der Waals surface area contributed by atoms with Crippen LogP contribution in [-0.2, 0) is 13.1 Å². The smallest absolute Gasteiger partial charge is 0.248 e. The summed E-state index contributed by atoms with van der Waals surface area (Å²) in [5.41, 5.74) is 0.886. The van der Waals surface area contributed by atoms with Crippen molar-refractivity contribution < 1.29 is 8.83 Å². The summed E-state index contributed by atoms with van der Waals surface area (Å²) in [6, 6.07) is 11.5. The first kappa shape index (κ1) is 13.1. The highest BCUT2D eigenvalue weighted by Crippen LogP contribution is 2.26. The van der Waals surface area contributed by atoms with E-state index in [0.717, 1.165) is 15.8 Å². The Bertz CT molecular complexity index is 679. The van der Waals surface area contributed by atoms with Gasteiger partial charge in [-0.15, -0.1) is 10.2 Å². The van der Waals surface area contributed by atoms with Crippen molar-refractivity contribution in [1.82, 2.24) is 15.5 Å². The number of nitrogens with one attached hydrogen (secondary N) is 1. The lowest BCUT2D eigenvalue weighted by atomic mass is 10.2. The van der Waals surface area contributed by atoms with E-state index in [-0.39, 0.29) is 0 Å². The van der Waals surface area contributed by atoms with Crippen LogP contribution < -0.4 is 5.32 Å². The Labute approximate surface area is 124 Å². The van der Waals surface area contributed by atoms with E-state index in [1.807, 2.05) is 36.4 Å². The van der Waals surface area contributed by atoms with Crippen molar-refractivity contribution in [2.75, 3.05) is 0 Å². The van der Waals surface area contributed by atoms with Gasteiger partial charge in [-0.1, -0.05) is 12.1 Å². The Balaban J connectivity index is 1.64. The van der Waals surface area contributed by atoms with Crippen molar-refractivity contribution in [3.05, 3.63) is 58.8 Å². The molecule has 0 aliphatic carbocycles. The van der Waals surface area contributed by atoms with Crippen LogP contribution in [0.4, 0.5) is 0 Å². The third-order valence-electron chi connectivity index (χ3n) is 2.73. The van der Waals surface area contributed by atoms with Gasteiger partial charge in [0.25, 0.3) is 0 Å². The molecule has 3 aromatic rings. The summed E-state index contributed by atoms with van der Waals surface area (Å²) < 4.78 is 11.8. The molecule has 0 fully saturated rings. The zero-order valence-electron chi connectivity index (χ0n) is 10.5. The molecule has 0 spiro atoms. The maximum absolute atomic E-state index is 5.62. The largest absolute Gasteiger partial charge is 0.468 e. The second kappa shape index (κ2) is 6.02. The molecular weight excluding hydrogens is 322 g/mol. The van der Waals surface area contributed by atoms with Crippen molar-refractivity contribution in [2.24, 2.45) is 0 Å². The van der Waals surface area contributed by atoms with Gasteiger partial charge in [-0.3, -0.25) is 0 Å². The minimum Gasteiger partial charge on any atom is -0.468 e. The van der Waals surface area contributed by atoms with Gasteiger partial charge in [-0.25, -0.2) is 0 Å². The van der Waals surface area contributed by atoms with Gasteiger partial charge in [-0.2, -0.15) is 0 Å². The van der Waals surface area contributed by atoms with Crippen molar-refractivity contribution in [1.29, 1.82) is 0 Å². The number of aromatic nitrogens is 2. The van der Waals surface area contributed by atoms with Crippen molar-refractivity contribution in [3.8, 4) is 11.5 Å². The van der Waals surface area contributed by atoms with Gasteiger partial charge in [0.15, 0.2) is 0 Å². The zero-order chi connectivity index (χ0) is 13.8. The highest BCUT2D eigenvalue weighted by atomic mass is 79.9. The maximum atomic E-state index is 5.62. The lowest BCUT2D eigenvalue weighted by Gasteiger charge is -1.99. The summed E-state index contributed by atoms with van der Waals surface area (Å²) in [6.07, 6.45) is 1.65. The van der Waals surface area contributed by atoms with Crippen LogP contribution in [0.15, 0.2) is 56.0 Å². The summed E-state index contributed by atoms with van der Waals surface area (Å²) in [6.45, 7) is 1.12. The Morgan fingerprint density at radius 2 is 1.95 bits per heavy atom.